The maximum atomic E-state index is 12.3. The van der Waals surface area contributed by atoms with Crippen molar-refractivity contribution in [1.82, 2.24) is 10.3 Å². The van der Waals surface area contributed by atoms with Crippen LogP contribution in [0.15, 0.2) is 30.6 Å². The number of rotatable bonds is 8. The first-order valence-corrected chi connectivity index (χ1v) is 8.74. The van der Waals surface area contributed by atoms with Gasteiger partial charge in [-0.1, -0.05) is 25.4 Å². The van der Waals surface area contributed by atoms with Gasteiger partial charge >= 0.3 is 0 Å². The van der Waals surface area contributed by atoms with Crippen molar-refractivity contribution in [3.05, 3.63) is 41.2 Å². The van der Waals surface area contributed by atoms with Crippen LogP contribution in [0.2, 0.25) is 5.02 Å². The monoisotopic (exact) mass is 377 g/mol. The molecular formula is C19H24ClN3O3. The Morgan fingerprint density at radius 1 is 1.15 bits per heavy atom. The molecule has 0 atom stereocenters. The highest BCUT2D eigenvalue weighted by atomic mass is 35.5. The molecule has 140 valence electrons. The van der Waals surface area contributed by atoms with E-state index >= 15 is 0 Å². The summed E-state index contributed by atoms with van der Waals surface area (Å²) in [5, 5.41) is 6.54. The summed E-state index contributed by atoms with van der Waals surface area (Å²) < 4.78 is 10.6. The van der Waals surface area contributed by atoms with Crippen molar-refractivity contribution in [1.29, 1.82) is 0 Å². The van der Waals surface area contributed by atoms with E-state index in [1.165, 1.54) is 6.20 Å². The number of hydrogen-bond donors (Lipinski definition) is 2. The standard InChI is InChI=1S/C19H24ClN3O3/c1-12(2)5-6-22-19(24)13-7-14(11-21-10-13)23-16-9-17(25-3)15(20)8-18(16)26-4/h7-12,23H,5-6H2,1-4H3,(H,22,24). The SMILES string of the molecule is COc1cc(Nc2cncc(C(=O)NCCC(C)C)c2)c(OC)cc1Cl. The summed E-state index contributed by atoms with van der Waals surface area (Å²) in [7, 11) is 3.10. The zero-order valence-electron chi connectivity index (χ0n) is 15.4. The van der Waals surface area contributed by atoms with Gasteiger partial charge in [0.15, 0.2) is 0 Å². The first-order valence-electron chi connectivity index (χ1n) is 8.36. The molecule has 7 heteroatoms. The van der Waals surface area contributed by atoms with Gasteiger partial charge in [0.1, 0.15) is 11.5 Å². The van der Waals surface area contributed by atoms with E-state index in [1.54, 1.807) is 38.6 Å². The topological polar surface area (TPSA) is 72.5 Å². The third kappa shape index (κ3) is 5.26. The van der Waals surface area contributed by atoms with Gasteiger partial charge in [0.2, 0.25) is 0 Å². The zero-order chi connectivity index (χ0) is 19.1. The maximum Gasteiger partial charge on any atom is 0.252 e. The van der Waals surface area contributed by atoms with Crippen LogP contribution in [0.4, 0.5) is 11.4 Å². The second kappa shape index (κ2) is 9.29. The van der Waals surface area contributed by atoms with Crippen molar-refractivity contribution in [3.63, 3.8) is 0 Å². The molecule has 1 amide bonds. The van der Waals surface area contributed by atoms with Gasteiger partial charge in [0, 0.05) is 24.9 Å². The average molecular weight is 378 g/mol. The number of pyridine rings is 1. The summed E-state index contributed by atoms with van der Waals surface area (Å²) in [5.41, 5.74) is 1.80. The first-order chi connectivity index (χ1) is 12.4. The van der Waals surface area contributed by atoms with Gasteiger partial charge in [0.25, 0.3) is 5.91 Å². The Hall–Kier alpha value is -2.47. The molecule has 0 aliphatic rings. The van der Waals surface area contributed by atoms with Crippen LogP contribution < -0.4 is 20.1 Å². The fourth-order valence-corrected chi connectivity index (χ4v) is 2.55. The lowest BCUT2D eigenvalue weighted by molar-refractivity contribution is 0.0951. The van der Waals surface area contributed by atoms with Gasteiger partial charge in [-0.05, 0) is 18.4 Å². The van der Waals surface area contributed by atoms with Crippen molar-refractivity contribution in [2.45, 2.75) is 20.3 Å². The molecule has 0 unspecified atom stereocenters. The minimum atomic E-state index is -0.151. The molecule has 26 heavy (non-hydrogen) atoms. The molecule has 0 radical (unpaired) electrons. The molecule has 0 spiro atoms. The van der Waals surface area contributed by atoms with Gasteiger partial charge < -0.3 is 20.1 Å². The van der Waals surface area contributed by atoms with E-state index in [4.69, 9.17) is 21.1 Å². The molecule has 1 aromatic carbocycles. The summed E-state index contributed by atoms with van der Waals surface area (Å²) in [6.07, 6.45) is 4.10. The molecule has 0 aliphatic carbocycles. The molecule has 0 saturated carbocycles. The number of nitrogens with one attached hydrogen (secondary N) is 2. The van der Waals surface area contributed by atoms with E-state index in [0.29, 0.717) is 45.9 Å². The van der Waals surface area contributed by atoms with Crippen molar-refractivity contribution in [3.8, 4) is 11.5 Å². The fourth-order valence-electron chi connectivity index (χ4n) is 2.32. The van der Waals surface area contributed by atoms with Crippen LogP contribution in [0.5, 0.6) is 11.5 Å². The number of benzene rings is 1. The first kappa shape index (κ1) is 19.8. The number of amides is 1. The molecule has 0 bridgehead atoms. The van der Waals surface area contributed by atoms with E-state index in [2.05, 4.69) is 29.5 Å². The highest BCUT2D eigenvalue weighted by Gasteiger charge is 2.12. The summed E-state index contributed by atoms with van der Waals surface area (Å²) >= 11 is 6.12. The number of aromatic nitrogens is 1. The summed E-state index contributed by atoms with van der Waals surface area (Å²) in [6, 6.07) is 5.13. The van der Waals surface area contributed by atoms with Crippen LogP contribution in [-0.2, 0) is 0 Å². The largest absolute Gasteiger partial charge is 0.495 e. The van der Waals surface area contributed by atoms with Crippen LogP contribution in [0, 0.1) is 5.92 Å². The third-order valence-electron chi connectivity index (χ3n) is 3.76. The molecular weight excluding hydrogens is 354 g/mol. The number of methoxy groups -OCH3 is 2. The Kier molecular flexibility index (Phi) is 7.09. The van der Waals surface area contributed by atoms with E-state index in [-0.39, 0.29) is 5.91 Å². The van der Waals surface area contributed by atoms with Gasteiger partial charge in [-0.15, -0.1) is 0 Å². The number of nitrogens with zero attached hydrogens (tertiary/aromatic N) is 1. The highest BCUT2D eigenvalue weighted by molar-refractivity contribution is 6.32. The Morgan fingerprint density at radius 2 is 1.88 bits per heavy atom. The minimum Gasteiger partial charge on any atom is -0.495 e. The normalized spacial score (nSPS) is 10.5. The van der Waals surface area contributed by atoms with Gasteiger partial charge in [-0.25, -0.2) is 0 Å². The lowest BCUT2D eigenvalue weighted by Crippen LogP contribution is -2.25. The fraction of sp³-hybridized carbons (Fsp3) is 0.368. The second-order valence-corrected chi connectivity index (χ2v) is 6.62. The molecule has 1 heterocycles. The van der Waals surface area contributed by atoms with Crippen LogP contribution in [0.25, 0.3) is 0 Å². The van der Waals surface area contributed by atoms with E-state index < -0.39 is 0 Å². The Bertz CT molecular complexity index is 766. The number of hydrogen-bond acceptors (Lipinski definition) is 5. The van der Waals surface area contributed by atoms with Gasteiger partial charge in [-0.2, -0.15) is 0 Å². The highest BCUT2D eigenvalue weighted by Crippen LogP contribution is 2.37. The quantitative estimate of drug-likeness (QED) is 0.718. The molecule has 0 aliphatic heterocycles. The van der Waals surface area contributed by atoms with E-state index in [1.807, 2.05) is 0 Å². The molecule has 0 saturated heterocycles. The zero-order valence-corrected chi connectivity index (χ0v) is 16.2. The number of ether oxygens (including phenoxy) is 2. The molecule has 2 N–H and O–H groups in total. The lowest BCUT2D eigenvalue weighted by Gasteiger charge is -2.14. The molecule has 6 nitrogen and oxygen atoms in total. The Labute approximate surface area is 158 Å². The van der Waals surface area contributed by atoms with E-state index in [0.717, 1.165) is 6.42 Å². The average Bonchev–Trinajstić information content (AvgIpc) is 2.62. The Morgan fingerprint density at radius 3 is 2.54 bits per heavy atom. The summed E-state index contributed by atoms with van der Waals surface area (Å²) in [5.74, 6) is 1.46. The number of carbonyl (C=O) groups excluding carboxylic acids is 1. The van der Waals surface area contributed by atoms with Crippen molar-refractivity contribution >= 4 is 28.9 Å². The minimum absolute atomic E-state index is 0.151. The maximum absolute atomic E-state index is 12.3. The van der Waals surface area contributed by atoms with Crippen molar-refractivity contribution in [2.75, 3.05) is 26.1 Å². The van der Waals surface area contributed by atoms with Crippen molar-refractivity contribution in [2.24, 2.45) is 5.92 Å². The van der Waals surface area contributed by atoms with Gasteiger partial charge in [-0.3, -0.25) is 9.78 Å². The summed E-state index contributed by atoms with van der Waals surface area (Å²) in [4.78, 5) is 16.4. The molecule has 2 aromatic rings. The van der Waals surface area contributed by atoms with Gasteiger partial charge in [0.05, 0.1) is 42.4 Å². The smallest absolute Gasteiger partial charge is 0.252 e. The second-order valence-electron chi connectivity index (χ2n) is 6.21. The third-order valence-corrected chi connectivity index (χ3v) is 4.06. The number of carbonyl (C=O) groups is 1. The Balaban J connectivity index is 2.17. The molecule has 0 fully saturated rings. The lowest BCUT2D eigenvalue weighted by atomic mass is 10.1. The predicted octanol–water partition coefficient (Wildman–Crippen LogP) is 4.27. The van der Waals surface area contributed by atoms with Crippen LogP contribution in [-0.4, -0.2) is 31.7 Å². The van der Waals surface area contributed by atoms with Crippen LogP contribution in [0.1, 0.15) is 30.6 Å². The number of halogens is 1. The van der Waals surface area contributed by atoms with E-state index in [9.17, 15) is 4.79 Å². The number of anilines is 2. The molecule has 1 aromatic heterocycles. The predicted molar refractivity (Wildman–Crippen MR) is 104 cm³/mol. The van der Waals surface area contributed by atoms with Crippen LogP contribution in [0.3, 0.4) is 0 Å². The molecule has 2 rings (SSSR count). The summed E-state index contributed by atoms with van der Waals surface area (Å²) in [6.45, 7) is 4.87. The van der Waals surface area contributed by atoms with Crippen molar-refractivity contribution < 1.29 is 14.3 Å². The van der Waals surface area contributed by atoms with Crippen LogP contribution >= 0.6 is 11.6 Å².